The van der Waals surface area contributed by atoms with Crippen molar-refractivity contribution in [3.63, 3.8) is 0 Å². The zero-order chi connectivity index (χ0) is 16.6. The molecule has 0 aromatic carbocycles. The Morgan fingerprint density at radius 2 is 2.00 bits per heavy atom. The minimum absolute atomic E-state index is 0.0565. The number of carbonyl (C=O) groups is 2. The highest BCUT2D eigenvalue weighted by Crippen LogP contribution is 2.30. The zero-order valence-corrected chi connectivity index (χ0v) is 13.9. The second-order valence-electron chi connectivity index (χ2n) is 6.81. The third-order valence-corrected chi connectivity index (χ3v) is 5.27. The number of aromatic nitrogens is 2. The van der Waals surface area contributed by atoms with Gasteiger partial charge in [0.15, 0.2) is 5.69 Å². The first kappa shape index (κ1) is 16.0. The Balaban J connectivity index is 1.83. The Bertz CT molecular complexity index is 623. The lowest BCUT2D eigenvalue weighted by molar-refractivity contribution is -0.142. The molecule has 2 heterocycles. The summed E-state index contributed by atoms with van der Waals surface area (Å²) in [6.45, 7) is 2.90. The molecule has 6 heteroatoms. The Morgan fingerprint density at radius 1 is 1.26 bits per heavy atom. The van der Waals surface area contributed by atoms with Crippen LogP contribution in [0.5, 0.6) is 0 Å². The molecule has 0 bridgehead atoms. The summed E-state index contributed by atoms with van der Waals surface area (Å²) in [5.41, 5.74) is 2.79. The molecule has 0 radical (unpaired) electrons. The number of carboxylic acids is 1. The Hall–Kier alpha value is -1.85. The molecule has 126 valence electrons. The second-order valence-corrected chi connectivity index (χ2v) is 6.81. The molecular weight excluding hydrogens is 294 g/mol. The molecule has 6 nitrogen and oxygen atoms in total. The molecule has 1 aromatic heterocycles. The summed E-state index contributed by atoms with van der Waals surface area (Å²) >= 11 is 0. The van der Waals surface area contributed by atoms with Crippen molar-refractivity contribution >= 4 is 11.9 Å². The van der Waals surface area contributed by atoms with E-state index in [9.17, 15) is 14.7 Å². The van der Waals surface area contributed by atoms with Crippen LogP contribution in [-0.4, -0.2) is 44.8 Å². The van der Waals surface area contributed by atoms with Gasteiger partial charge in [0.2, 0.25) is 0 Å². The van der Waals surface area contributed by atoms with Crippen molar-refractivity contribution in [2.75, 3.05) is 13.1 Å². The third kappa shape index (κ3) is 2.86. The molecule has 1 aliphatic carbocycles. The number of carbonyl (C=O) groups excluding carboxylic acids is 1. The maximum Gasteiger partial charge on any atom is 0.308 e. The van der Waals surface area contributed by atoms with Gasteiger partial charge >= 0.3 is 5.97 Å². The summed E-state index contributed by atoms with van der Waals surface area (Å²) in [5.74, 6) is -1.27. The maximum atomic E-state index is 12.9. The highest BCUT2D eigenvalue weighted by Gasteiger charge is 2.40. The molecule has 3 rings (SSSR count). The van der Waals surface area contributed by atoms with Crippen LogP contribution in [0, 0.1) is 11.8 Å². The van der Waals surface area contributed by atoms with Crippen LogP contribution in [0.25, 0.3) is 0 Å². The highest BCUT2D eigenvalue weighted by atomic mass is 16.4. The molecule has 1 N–H and O–H groups in total. The first-order chi connectivity index (χ1) is 11.0. The number of nitrogens with zero attached hydrogens (tertiary/aromatic N) is 3. The van der Waals surface area contributed by atoms with E-state index < -0.39 is 11.9 Å². The van der Waals surface area contributed by atoms with Crippen LogP contribution in [-0.2, 0) is 24.7 Å². The van der Waals surface area contributed by atoms with E-state index in [1.807, 2.05) is 11.7 Å². The minimum atomic E-state index is -0.790. The fraction of sp³-hybridized carbons (Fsp3) is 0.706. The summed E-state index contributed by atoms with van der Waals surface area (Å²) < 4.78 is 1.83. The van der Waals surface area contributed by atoms with E-state index >= 15 is 0 Å². The minimum Gasteiger partial charge on any atom is -0.481 e. The van der Waals surface area contributed by atoms with Crippen molar-refractivity contribution in [3.05, 3.63) is 17.0 Å². The number of likely N-dealkylation sites (tertiary alicyclic amines) is 1. The number of amides is 1. The topological polar surface area (TPSA) is 75.4 Å². The Morgan fingerprint density at radius 3 is 2.70 bits per heavy atom. The van der Waals surface area contributed by atoms with E-state index in [0.717, 1.165) is 44.1 Å². The standard InChI is InChI=1S/C17H25N3O3/c1-3-6-11-9-20(10-13(11)17(22)23)16(21)15-12-7-4-5-8-14(12)19(2)18-15/h11,13H,3-10H2,1-2H3,(H,22,23). The monoisotopic (exact) mass is 319 g/mol. The summed E-state index contributed by atoms with van der Waals surface area (Å²) in [5, 5.41) is 13.9. The van der Waals surface area contributed by atoms with Gasteiger partial charge in [-0.3, -0.25) is 14.3 Å². The van der Waals surface area contributed by atoms with E-state index in [-0.39, 0.29) is 11.8 Å². The van der Waals surface area contributed by atoms with Gasteiger partial charge in [0, 0.05) is 31.4 Å². The van der Waals surface area contributed by atoms with Crippen molar-refractivity contribution in [1.82, 2.24) is 14.7 Å². The van der Waals surface area contributed by atoms with Gasteiger partial charge in [-0.2, -0.15) is 5.10 Å². The molecule has 1 aliphatic heterocycles. The number of rotatable bonds is 4. The SMILES string of the molecule is CCCC1CN(C(=O)c2nn(C)c3c2CCCC3)CC1C(=O)O. The lowest BCUT2D eigenvalue weighted by Crippen LogP contribution is -2.31. The average Bonchev–Trinajstić information content (AvgIpc) is 3.10. The molecule has 0 spiro atoms. The van der Waals surface area contributed by atoms with Gasteiger partial charge in [-0.15, -0.1) is 0 Å². The van der Waals surface area contributed by atoms with Crippen molar-refractivity contribution in [2.24, 2.45) is 18.9 Å². The fourth-order valence-corrected chi connectivity index (χ4v) is 4.07. The molecule has 1 amide bonds. The molecule has 2 aliphatic rings. The van der Waals surface area contributed by atoms with Crippen LogP contribution in [0.4, 0.5) is 0 Å². The van der Waals surface area contributed by atoms with Gasteiger partial charge in [-0.05, 0) is 38.0 Å². The lowest BCUT2D eigenvalue weighted by atomic mass is 9.92. The molecule has 1 aromatic rings. The zero-order valence-electron chi connectivity index (χ0n) is 13.9. The predicted molar refractivity (Wildman–Crippen MR) is 85.3 cm³/mol. The lowest BCUT2D eigenvalue weighted by Gasteiger charge is -2.17. The van der Waals surface area contributed by atoms with Crippen LogP contribution in [0.2, 0.25) is 0 Å². The summed E-state index contributed by atoms with van der Waals surface area (Å²) in [7, 11) is 1.89. The number of aryl methyl sites for hydroxylation is 1. The number of fused-ring (bicyclic) bond motifs is 1. The van der Waals surface area contributed by atoms with Crippen LogP contribution in [0.1, 0.15) is 54.4 Å². The van der Waals surface area contributed by atoms with Crippen molar-refractivity contribution < 1.29 is 14.7 Å². The van der Waals surface area contributed by atoms with E-state index in [4.69, 9.17) is 0 Å². The Labute approximate surface area is 136 Å². The van der Waals surface area contributed by atoms with Gasteiger partial charge in [-0.25, -0.2) is 0 Å². The van der Waals surface area contributed by atoms with Crippen LogP contribution >= 0.6 is 0 Å². The number of carboxylic acid groups (broad SMARTS) is 1. The van der Waals surface area contributed by atoms with Crippen molar-refractivity contribution in [2.45, 2.75) is 45.4 Å². The first-order valence-corrected chi connectivity index (χ1v) is 8.59. The average molecular weight is 319 g/mol. The van der Waals surface area contributed by atoms with E-state index in [1.54, 1.807) is 4.90 Å². The smallest absolute Gasteiger partial charge is 0.308 e. The summed E-state index contributed by atoms with van der Waals surface area (Å²) in [6.07, 6.45) is 5.90. The predicted octanol–water partition coefficient (Wildman–Crippen LogP) is 1.87. The fourth-order valence-electron chi connectivity index (χ4n) is 4.07. The molecule has 1 saturated heterocycles. The van der Waals surface area contributed by atoms with Gasteiger partial charge in [-0.1, -0.05) is 13.3 Å². The number of aliphatic carboxylic acids is 1. The van der Waals surface area contributed by atoms with E-state index in [1.165, 1.54) is 5.69 Å². The van der Waals surface area contributed by atoms with E-state index in [2.05, 4.69) is 12.0 Å². The molecule has 2 atom stereocenters. The first-order valence-electron chi connectivity index (χ1n) is 8.59. The molecule has 1 fully saturated rings. The van der Waals surface area contributed by atoms with Gasteiger partial charge in [0.05, 0.1) is 5.92 Å². The van der Waals surface area contributed by atoms with Gasteiger partial charge in [0.1, 0.15) is 0 Å². The van der Waals surface area contributed by atoms with Crippen molar-refractivity contribution in [3.8, 4) is 0 Å². The third-order valence-electron chi connectivity index (χ3n) is 5.27. The quantitative estimate of drug-likeness (QED) is 0.919. The van der Waals surface area contributed by atoms with Crippen LogP contribution < -0.4 is 0 Å². The molecular formula is C17H25N3O3. The second kappa shape index (κ2) is 6.34. The largest absolute Gasteiger partial charge is 0.481 e. The normalized spacial score (nSPS) is 23.8. The number of hydrogen-bond acceptors (Lipinski definition) is 3. The maximum absolute atomic E-state index is 12.9. The van der Waals surface area contributed by atoms with Crippen LogP contribution in [0.3, 0.4) is 0 Å². The van der Waals surface area contributed by atoms with Crippen LogP contribution in [0.15, 0.2) is 0 Å². The van der Waals surface area contributed by atoms with Gasteiger partial charge in [0.25, 0.3) is 5.91 Å². The van der Waals surface area contributed by atoms with Gasteiger partial charge < -0.3 is 10.0 Å². The molecule has 2 unspecified atom stereocenters. The van der Waals surface area contributed by atoms with E-state index in [0.29, 0.717) is 18.8 Å². The summed E-state index contributed by atoms with van der Waals surface area (Å²) in [4.78, 5) is 26.1. The highest BCUT2D eigenvalue weighted by molar-refractivity contribution is 5.94. The summed E-state index contributed by atoms with van der Waals surface area (Å²) in [6, 6.07) is 0. The van der Waals surface area contributed by atoms with Crippen molar-refractivity contribution in [1.29, 1.82) is 0 Å². The molecule has 23 heavy (non-hydrogen) atoms. The number of hydrogen-bond donors (Lipinski definition) is 1. The molecule has 0 saturated carbocycles. The Kier molecular flexibility index (Phi) is 4.41.